The van der Waals surface area contributed by atoms with Gasteiger partial charge in [0.05, 0.1) is 5.56 Å². The minimum absolute atomic E-state index is 0.0151. The van der Waals surface area contributed by atoms with E-state index in [1.807, 2.05) is 7.05 Å². The van der Waals surface area contributed by atoms with Gasteiger partial charge in [0.2, 0.25) is 0 Å². The zero-order chi connectivity index (χ0) is 23.6. The lowest BCUT2D eigenvalue weighted by Gasteiger charge is -2.36. The molecule has 5 rings (SSSR count). The number of phenols is 2. The molecule has 0 fully saturated rings. The standard InChI is InChI=1S/C21H12O6.C5H13N/c22-10-11-1-4-14-17(7-11)21(27-20(14)25)15-5-2-12(23)8-18(15)26-19-9-13(24)3-6-16(19)21;1-3-4-5-6-2/h1-10,23-24H;6H,3-5H2,1-2H3. The molecule has 0 aromatic heterocycles. The Labute approximate surface area is 191 Å². The average Bonchev–Trinajstić information content (AvgIpc) is 3.09. The third-order valence-electron chi connectivity index (χ3n) is 5.71. The zero-order valence-corrected chi connectivity index (χ0v) is 18.4. The van der Waals surface area contributed by atoms with Gasteiger partial charge in [-0.2, -0.15) is 0 Å². The van der Waals surface area contributed by atoms with E-state index in [-0.39, 0.29) is 11.5 Å². The van der Waals surface area contributed by atoms with Crippen LogP contribution in [0.25, 0.3) is 0 Å². The fourth-order valence-corrected chi connectivity index (χ4v) is 4.14. The number of phenolic OH excluding ortho intramolecular Hbond substituents is 2. The summed E-state index contributed by atoms with van der Waals surface area (Å²) in [7, 11) is 1.98. The summed E-state index contributed by atoms with van der Waals surface area (Å²) in [5.41, 5.74) is 0.969. The first-order chi connectivity index (χ1) is 15.9. The molecule has 3 aromatic rings. The number of nitrogens with one attached hydrogen (secondary N) is 1. The third-order valence-corrected chi connectivity index (χ3v) is 5.71. The van der Waals surface area contributed by atoms with Gasteiger partial charge in [0.25, 0.3) is 0 Å². The molecule has 1 spiro atoms. The third kappa shape index (κ3) is 3.81. The van der Waals surface area contributed by atoms with Crippen molar-refractivity contribution in [2.45, 2.75) is 25.4 Å². The van der Waals surface area contributed by atoms with E-state index in [0.717, 1.165) is 6.54 Å². The SMILES string of the molecule is CCCCNC.O=Cc1ccc2c(c1)C1(OC2=O)c2ccc(O)cc2Oc2cc(O)ccc21. The van der Waals surface area contributed by atoms with Crippen LogP contribution in [0, 0.1) is 0 Å². The van der Waals surface area contributed by atoms with Gasteiger partial charge in [0, 0.05) is 34.4 Å². The average molecular weight is 447 g/mol. The van der Waals surface area contributed by atoms with Crippen LogP contribution in [0.3, 0.4) is 0 Å². The van der Waals surface area contributed by atoms with E-state index >= 15 is 0 Å². The number of hydrogen-bond acceptors (Lipinski definition) is 7. The highest BCUT2D eigenvalue weighted by atomic mass is 16.6. The van der Waals surface area contributed by atoms with Crippen LogP contribution in [0.4, 0.5) is 0 Å². The first-order valence-corrected chi connectivity index (χ1v) is 10.8. The van der Waals surface area contributed by atoms with Crippen LogP contribution >= 0.6 is 0 Å². The van der Waals surface area contributed by atoms with Crippen LogP contribution in [-0.2, 0) is 10.3 Å². The lowest BCUT2D eigenvalue weighted by molar-refractivity contribution is 0.0224. The number of carbonyl (C=O) groups is 2. The highest BCUT2D eigenvalue weighted by Gasteiger charge is 2.53. The summed E-state index contributed by atoms with van der Waals surface area (Å²) >= 11 is 0. The quantitative estimate of drug-likeness (QED) is 0.308. The molecular formula is C26H25NO6. The Balaban J connectivity index is 0.000000385. The normalized spacial score (nSPS) is 14.2. The van der Waals surface area contributed by atoms with Gasteiger partial charge in [-0.15, -0.1) is 0 Å². The van der Waals surface area contributed by atoms with E-state index in [1.165, 1.54) is 37.1 Å². The number of carbonyl (C=O) groups excluding carboxylic acids is 2. The lowest BCUT2D eigenvalue weighted by atomic mass is 9.77. The summed E-state index contributed by atoms with van der Waals surface area (Å²) in [5.74, 6) is 0.0373. The molecule has 0 unspecified atom stereocenters. The molecule has 33 heavy (non-hydrogen) atoms. The number of esters is 1. The fraction of sp³-hybridized carbons (Fsp3) is 0.231. The summed E-state index contributed by atoms with van der Waals surface area (Å²) in [6.07, 6.45) is 3.29. The Morgan fingerprint density at radius 2 is 1.58 bits per heavy atom. The number of aldehydes is 1. The molecule has 0 atom stereocenters. The van der Waals surface area contributed by atoms with E-state index in [4.69, 9.17) is 9.47 Å². The Hall–Kier alpha value is -3.84. The predicted molar refractivity (Wildman–Crippen MR) is 122 cm³/mol. The fourth-order valence-electron chi connectivity index (χ4n) is 4.14. The second-order valence-corrected chi connectivity index (χ2v) is 7.91. The molecule has 2 aliphatic heterocycles. The van der Waals surface area contributed by atoms with E-state index in [0.29, 0.717) is 45.6 Å². The molecule has 0 amide bonds. The molecule has 2 heterocycles. The van der Waals surface area contributed by atoms with Crippen LogP contribution in [0.5, 0.6) is 23.0 Å². The van der Waals surface area contributed by atoms with E-state index in [2.05, 4.69) is 12.2 Å². The highest BCUT2D eigenvalue weighted by molar-refractivity contribution is 5.98. The summed E-state index contributed by atoms with van der Waals surface area (Å²) in [6.45, 7) is 3.36. The maximum Gasteiger partial charge on any atom is 0.340 e. The summed E-state index contributed by atoms with van der Waals surface area (Å²) in [6, 6.07) is 13.8. The van der Waals surface area contributed by atoms with Crippen LogP contribution < -0.4 is 10.1 Å². The van der Waals surface area contributed by atoms with E-state index in [1.54, 1.807) is 30.3 Å². The predicted octanol–water partition coefficient (Wildman–Crippen LogP) is 4.48. The zero-order valence-electron chi connectivity index (χ0n) is 18.4. The van der Waals surface area contributed by atoms with Crippen LogP contribution in [0.2, 0.25) is 0 Å². The van der Waals surface area contributed by atoms with Crippen molar-refractivity contribution in [2.24, 2.45) is 0 Å². The minimum atomic E-state index is -1.34. The van der Waals surface area contributed by atoms with Crippen molar-refractivity contribution in [2.75, 3.05) is 13.6 Å². The molecule has 0 saturated carbocycles. The topological polar surface area (TPSA) is 105 Å². The monoisotopic (exact) mass is 447 g/mol. The van der Waals surface area contributed by atoms with Crippen molar-refractivity contribution in [1.82, 2.24) is 5.32 Å². The van der Waals surface area contributed by atoms with Crippen LogP contribution in [0.1, 0.15) is 57.2 Å². The molecule has 7 heteroatoms. The Morgan fingerprint density at radius 3 is 2.09 bits per heavy atom. The van der Waals surface area contributed by atoms with Crippen molar-refractivity contribution in [3.8, 4) is 23.0 Å². The molecule has 3 aromatic carbocycles. The van der Waals surface area contributed by atoms with Gasteiger partial charge < -0.3 is 25.0 Å². The first-order valence-electron chi connectivity index (χ1n) is 10.8. The smallest absolute Gasteiger partial charge is 0.340 e. The summed E-state index contributed by atoms with van der Waals surface area (Å²) in [4.78, 5) is 24.0. The number of fused-ring (bicyclic) bond motifs is 6. The Bertz CT molecular complexity index is 1160. The van der Waals surface area contributed by atoms with Gasteiger partial charge in [-0.05, 0) is 56.4 Å². The number of hydrogen-bond donors (Lipinski definition) is 3. The van der Waals surface area contributed by atoms with Crippen molar-refractivity contribution in [3.05, 3.63) is 82.4 Å². The van der Waals surface area contributed by atoms with Crippen molar-refractivity contribution < 1.29 is 29.3 Å². The van der Waals surface area contributed by atoms with Gasteiger partial charge in [0.15, 0.2) is 5.60 Å². The van der Waals surface area contributed by atoms with Gasteiger partial charge in [-0.1, -0.05) is 19.4 Å². The van der Waals surface area contributed by atoms with Gasteiger partial charge in [-0.3, -0.25) is 4.79 Å². The first kappa shape index (κ1) is 22.4. The van der Waals surface area contributed by atoms with Crippen molar-refractivity contribution in [1.29, 1.82) is 0 Å². The molecule has 0 bridgehead atoms. The minimum Gasteiger partial charge on any atom is -0.508 e. The largest absolute Gasteiger partial charge is 0.508 e. The molecule has 0 aliphatic carbocycles. The molecule has 0 radical (unpaired) electrons. The Kier molecular flexibility index (Phi) is 6.07. The maximum absolute atomic E-state index is 12.6. The number of ether oxygens (including phenoxy) is 2. The van der Waals surface area contributed by atoms with Crippen LogP contribution in [0.15, 0.2) is 54.6 Å². The van der Waals surface area contributed by atoms with E-state index in [9.17, 15) is 19.8 Å². The van der Waals surface area contributed by atoms with Crippen molar-refractivity contribution >= 4 is 12.3 Å². The molecule has 2 aliphatic rings. The lowest BCUT2D eigenvalue weighted by Crippen LogP contribution is -2.33. The van der Waals surface area contributed by atoms with Crippen molar-refractivity contribution in [3.63, 3.8) is 0 Å². The van der Waals surface area contributed by atoms with Crippen LogP contribution in [-0.4, -0.2) is 36.1 Å². The van der Waals surface area contributed by atoms with Gasteiger partial charge >= 0.3 is 5.97 Å². The molecular weight excluding hydrogens is 422 g/mol. The molecule has 170 valence electrons. The maximum atomic E-state index is 12.6. The number of rotatable bonds is 4. The van der Waals surface area contributed by atoms with Gasteiger partial charge in [-0.25, -0.2) is 4.79 Å². The van der Waals surface area contributed by atoms with E-state index < -0.39 is 11.6 Å². The molecule has 0 saturated heterocycles. The number of unbranched alkanes of at least 4 members (excludes halogenated alkanes) is 1. The molecule has 7 nitrogen and oxygen atoms in total. The Morgan fingerprint density at radius 1 is 0.939 bits per heavy atom. The summed E-state index contributed by atoms with van der Waals surface area (Å²) < 4.78 is 11.7. The summed E-state index contributed by atoms with van der Waals surface area (Å²) in [5, 5.41) is 22.8. The van der Waals surface area contributed by atoms with Gasteiger partial charge in [0.1, 0.15) is 29.3 Å². The highest BCUT2D eigenvalue weighted by Crippen LogP contribution is 2.57. The number of aromatic hydroxyl groups is 2. The molecule has 3 N–H and O–H groups in total. The second-order valence-electron chi connectivity index (χ2n) is 7.91. The second kappa shape index (κ2) is 8.96. The number of benzene rings is 3.